The van der Waals surface area contributed by atoms with Crippen LogP contribution in [0, 0.1) is 0 Å². The normalized spacial score (nSPS) is 11.6. The summed E-state index contributed by atoms with van der Waals surface area (Å²) in [5.41, 5.74) is 2.01. The summed E-state index contributed by atoms with van der Waals surface area (Å²) < 4.78 is 6.19. The van der Waals surface area contributed by atoms with Gasteiger partial charge in [-0.2, -0.15) is 9.78 Å². The number of ether oxygens (including phenoxy) is 1. The summed E-state index contributed by atoms with van der Waals surface area (Å²) in [6.07, 6.45) is 2.84. The number of rotatable bonds is 3. The fraction of sp³-hybridized carbons (Fsp3) is 0.0556. The lowest BCUT2D eigenvalue weighted by molar-refractivity contribution is 0.373. The van der Waals surface area contributed by atoms with Crippen LogP contribution in [-0.4, -0.2) is 33.1 Å². The molecule has 4 aromatic rings. The minimum absolute atomic E-state index is 0.0293. The number of aromatic nitrogens is 3. The fourth-order valence-corrected chi connectivity index (χ4v) is 2.88. The van der Waals surface area contributed by atoms with E-state index < -0.39 is 0 Å². The topological polar surface area (TPSA) is 92.5 Å². The van der Waals surface area contributed by atoms with Crippen molar-refractivity contribution in [2.45, 2.75) is 0 Å². The van der Waals surface area contributed by atoms with Crippen molar-refractivity contribution in [2.75, 3.05) is 7.11 Å². The van der Waals surface area contributed by atoms with Crippen molar-refractivity contribution < 1.29 is 9.84 Å². The Bertz CT molecular complexity index is 1230. The molecule has 130 valence electrons. The summed E-state index contributed by atoms with van der Waals surface area (Å²) in [5, 5.41) is 15.1. The van der Waals surface area contributed by atoms with Crippen molar-refractivity contribution in [3.05, 3.63) is 63.7 Å². The van der Waals surface area contributed by atoms with Gasteiger partial charge in [0.15, 0.2) is 11.5 Å². The van der Waals surface area contributed by atoms with E-state index in [2.05, 4.69) is 15.1 Å². The van der Waals surface area contributed by atoms with Gasteiger partial charge in [0.2, 0.25) is 0 Å². The van der Waals surface area contributed by atoms with E-state index in [1.165, 1.54) is 25.7 Å². The highest BCUT2D eigenvalue weighted by Crippen LogP contribution is 2.26. The van der Waals surface area contributed by atoms with E-state index in [0.717, 1.165) is 15.6 Å². The number of aromatic amines is 1. The number of methoxy groups -OCH3 is 1. The number of hydrogen-bond acceptors (Lipinski definition) is 5. The highest BCUT2D eigenvalue weighted by atomic mass is 35.5. The van der Waals surface area contributed by atoms with Gasteiger partial charge in [-0.3, -0.25) is 4.79 Å². The van der Waals surface area contributed by atoms with Crippen LogP contribution in [0.5, 0.6) is 11.5 Å². The average molecular weight is 369 g/mol. The van der Waals surface area contributed by atoms with Gasteiger partial charge in [-0.05, 0) is 42.0 Å². The van der Waals surface area contributed by atoms with Gasteiger partial charge in [-0.25, -0.2) is 4.98 Å². The molecule has 0 bridgehead atoms. The third-order valence-electron chi connectivity index (χ3n) is 3.99. The second kappa shape index (κ2) is 6.20. The van der Waals surface area contributed by atoms with Crippen LogP contribution in [0.25, 0.3) is 21.9 Å². The molecule has 0 saturated carbocycles. The molecule has 0 spiro atoms. The molecule has 0 radical (unpaired) electrons. The number of fused-ring (bicyclic) bond motifs is 3. The first kappa shape index (κ1) is 16.2. The Hall–Kier alpha value is -3.32. The summed E-state index contributed by atoms with van der Waals surface area (Å²) in [6, 6.07) is 10.1. The van der Waals surface area contributed by atoms with Gasteiger partial charge in [0.05, 0.1) is 13.3 Å². The zero-order valence-electron chi connectivity index (χ0n) is 13.6. The molecule has 2 N–H and O–H groups in total. The SMILES string of the molecule is COc1cc(/C=N\n2cnc3c([nH]c4ccc(Cl)cc43)c2=O)ccc1O. The predicted octanol–water partition coefficient (Wildman–Crippen LogP) is 3.13. The standard InChI is InChI=1S/C18H13ClN4O3/c1-26-15-6-10(2-5-14(15)24)8-21-23-9-20-16-12-7-11(19)3-4-13(12)22-17(16)18(23)25/h2-9,22,24H,1H3/b21-8-. The summed E-state index contributed by atoms with van der Waals surface area (Å²) in [6.45, 7) is 0. The Balaban J connectivity index is 1.79. The molecular weight excluding hydrogens is 356 g/mol. The quantitative estimate of drug-likeness (QED) is 0.543. The second-order valence-corrected chi connectivity index (χ2v) is 6.05. The first-order valence-corrected chi connectivity index (χ1v) is 8.04. The van der Waals surface area contributed by atoms with Gasteiger partial charge in [0.1, 0.15) is 17.4 Å². The summed E-state index contributed by atoms with van der Waals surface area (Å²) in [4.78, 5) is 20.0. The molecule has 0 aliphatic rings. The molecule has 0 amide bonds. The first-order valence-electron chi connectivity index (χ1n) is 7.67. The molecule has 0 aliphatic carbocycles. The molecule has 4 rings (SSSR count). The average Bonchev–Trinajstić information content (AvgIpc) is 3.01. The van der Waals surface area contributed by atoms with Gasteiger partial charge in [-0.15, -0.1) is 0 Å². The van der Waals surface area contributed by atoms with Crippen molar-refractivity contribution in [2.24, 2.45) is 5.10 Å². The summed E-state index contributed by atoms with van der Waals surface area (Å²) in [5.74, 6) is 0.351. The van der Waals surface area contributed by atoms with E-state index in [4.69, 9.17) is 16.3 Å². The van der Waals surface area contributed by atoms with Crippen molar-refractivity contribution in [3.8, 4) is 11.5 Å². The lowest BCUT2D eigenvalue weighted by Crippen LogP contribution is -2.17. The minimum atomic E-state index is -0.329. The number of nitrogens with zero attached hydrogens (tertiary/aromatic N) is 3. The maximum absolute atomic E-state index is 12.7. The van der Waals surface area contributed by atoms with Crippen LogP contribution >= 0.6 is 11.6 Å². The van der Waals surface area contributed by atoms with Crippen LogP contribution in [0.4, 0.5) is 0 Å². The van der Waals surface area contributed by atoms with E-state index in [1.54, 1.807) is 30.3 Å². The van der Waals surface area contributed by atoms with E-state index in [9.17, 15) is 9.90 Å². The fourth-order valence-electron chi connectivity index (χ4n) is 2.70. The van der Waals surface area contributed by atoms with E-state index in [0.29, 0.717) is 27.4 Å². The van der Waals surface area contributed by atoms with Crippen LogP contribution < -0.4 is 10.3 Å². The maximum atomic E-state index is 12.7. The third kappa shape index (κ3) is 2.68. The smallest absolute Gasteiger partial charge is 0.298 e. The van der Waals surface area contributed by atoms with Crippen molar-refractivity contribution >= 4 is 39.8 Å². The number of H-pyrrole nitrogens is 1. The zero-order chi connectivity index (χ0) is 18.3. The number of benzene rings is 2. The number of nitrogens with one attached hydrogen (secondary N) is 1. The second-order valence-electron chi connectivity index (χ2n) is 5.61. The third-order valence-corrected chi connectivity index (χ3v) is 4.22. The zero-order valence-corrected chi connectivity index (χ0v) is 14.4. The van der Waals surface area contributed by atoms with E-state index >= 15 is 0 Å². The minimum Gasteiger partial charge on any atom is -0.504 e. The lowest BCUT2D eigenvalue weighted by atomic mass is 10.2. The number of phenolic OH excluding ortho intramolecular Hbond substituents is 1. The number of aromatic hydroxyl groups is 1. The number of halogens is 1. The van der Waals surface area contributed by atoms with E-state index in [1.807, 2.05) is 0 Å². The molecule has 26 heavy (non-hydrogen) atoms. The Morgan fingerprint density at radius 3 is 2.96 bits per heavy atom. The molecule has 0 fully saturated rings. The summed E-state index contributed by atoms with van der Waals surface area (Å²) in [7, 11) is 1.46. The van der Waals surface area contributed by atoms with Gasteiger partial charge in [0.25, 0.3) is 5.56 Å². The predicted molar refractivity (Wildman–Crippen MR) is 101 cm³/mol. The molecule has 2 aromatic heterocycles. The van der Waals surface area contributed by atoms with Gasteiger partial charge in [0, 0.05) is 15.9 Å². The molecule has 0 atom stereocenters. The monoisotopic (exact) mass is 368 g/mol. The van der Waals surface area contributed by atoms with Gasteiger partial charge < -0.3 is 14.8 Å². The highest BCUT2D eigenvalue weighted by Gasteiger charge is 2.11. The van der Waals surface area contributed by atoms with E-state index in [-0.39, 0.29) is 11.3 Å². The number of hydrogen-bond donors (Lipinski definition) is 2. The molecule has 0 unspecified atom stereocenters. The lowest BCUT2D eigenvalue weighted by Gasteiger charge is -2.03. The Labute approximate surface area is 152 Å². The van der Waals surface area contributed by atoms with Crippen LogP contribution in [-0.2, 0) is 0 Å². The highest BCUT2D eigenvalue weighted by molar-refractivity contribution is 6.31. The van der Waals surface area contributed by atoms with Crippen LogP contribution in [0.2, 0.25) is 5.02 Å². The van der Waals surface area contributed by atoms with Crippen LogP contribution in [0.15, 0.2) is 52.6 Å². The molecule has 7 nitrogen and oxygen atoms in total. The number of phenols is 1. The van der Waals surface area contributed by atoms with Crippen molar-refractivity contribution in [1.82, 2.24) is 14.6 Å². The molecule has 8 heteroatoms. The summed E-state index contributed by atoms with van der Waals surface area (Å²) >= 11 is 6.02. The molecule has 2 heterocycles. The Morgan fingerprint density at radius 2 is 2.15 bits per heavy atom. The molecule has 0 saturated heterocycles. The molecule has 0 aliphatic heterocycles. The van der Waals surface area contributed by atoms with Crippen molar-refractivity contribution in [3.63, 3.8) is 0 Å². The first-order chi connectivity index (χ1) is 12.6. The molecular formula is C18H13ClN4O3. The van der Waals surface area contributed by atoms with Gasteiger partial charge in [-0.1, -0.05) is 11.6 Å². The maximum Gasteiger partial charge on any atom is 0.298 e. The van der Waals surface area contributed by atoms with Gasteiger partial charge >= 0.3 is 0 Å². The Kier molecular flexibility index (Phi) is 3.85. The Morgan fingerprint density at radius 1 is 1.31 bits per heavy atom. The molecule has 2 aromatic carbocycles. The van der Waals surface area contributed by atoms with Crippen LogP contribution in [0.3, 0.4) is 0 Å². The largest absolute Gasteiger partial charge is 0.504 e. The van der Waals surface area contributed by atoms with Crippen LogP contribution in [0.1, 0.15) is 5.56 Å². The van der Waals surface area contributed by atoms with Crippen molar-refractivity contribution in [1.29, 1.82) is 0 Å².